The monoisotopic (exact) mass is 238 g/mol. The molecule has 0 aliphatic heterocycles. The molecule has 90 valence electrons. The number of aromatic nitrogens is 3. The number of hydrogen-bond donors (Lipinski definition) is 1. The Balaban J connectivity index is 1.89. The lowest BCUT2D eigenvalue weighted by molar-refractivity contribution is 0.813. The Morgan fingerprint density at radius 3 is 2.83 bits per heavy atom. The van der Waals surface area contributed by atoms with Gasteiger partial charge in [0.1, 0.15) is 5.82 Å². The topological polar surface area (TPSA) is 42.7 Å². The number of pyridine rings is 1. The number of benzene rings is 1. The van der Waals surface area contributed by atoms with Crippen molar-refractivity contribution in [3.8, 4) is 0 Å². The van der Waals surface area contributed by atoms with Gasteiger partial charge in [-0.05, 0) is 12.1 Å². The smallest absolute Gasteiger partial charge is 0.127 e. The molecule has 4 heteroatoms. The first-order chi connectivity index (χ1) is 8.84. The van der Waals surface area contributed by atoms with Crippen molar-refractivity contribution in [2.75, 3.05) is 5.32 Å². The van der Waals surface area contributed by atoms with Gasteiger partial charge in [0.15, 0.2) is 0 Å². The lowest BCUT2D eigenvalue weighted by atomic mass is 10.2. The summed E-state index contributed by atoms with van der Waals surface area (Å²) in [6, 6.07) is 10.1. The van der Waals surface area contributed by atoms with Gasteiger partial charge in [-0.25, -0.2) is 4.98 Å². The number of anilines is 1. The summed E-state index contributed by atoms with van der Waals surface area (Å²) < 4.78 is 2.01. The number of hydrogen-bond acceptors (Lipinski definition) is 3. The van der Waals surface area contributed by atoms with Crippen molar-refractivity contribution in [1.29, 1.82) is 0 Å². The molecular formula is C14H14N4. The summed E-state index contributed by atoms with van der Waals surface area (Å²) in [4.78, 5) is 8.64. The summed E-state index contributed by atoms with van der Waals surface area (Å²) >= 11 is 0. The van der Waals surface area contributed by atoms with Crippen molar-refractivity contribution in [2.45, 2.75) is 6.54 Å². The summed E-state index contributed by atoms with van der Waals surface area (Å²) in [5.74, 6) is 1.01. The lowest BCUT2D eigenvalue weighted by Gasteiger charge is -2.09. The molecular weight excluding hydrogens is 224 g/mol. The number of nitrogens with one attached hydrogen (secondary N) is 1. The maximum absolute atomic E-state index is 4.34. The van der Waals surface area contributed by atoms with E-state index in [0.717, 1.165) is 22.4 Å². The quantitative estimate of drug-likeness (QED) is 0.762. The molecule has 0 saturated heterocycles. The van der Waals surface area contributed by atoms with Crippen LogP contribution in [0.5, 0.6) is 0 Å². The molecule has 2 heterocycles. The Morgan fingerprint density at radius 1 is 1.11 bits per heavy atom. The molecule has 0 spiro atoms. The first-order valence-electron chi connectivity index (χ1n) is 5.88. The third-order valence-electron chi connectivity index (χ3n) is 3.01. The molecule has 18 heavy (non-hydrogen) atoms. The van der Waals surface area contributed by atoms with E-state index in [1.807, 2.05) is 54.5 Å². The first-order valence-corrected chi connectivity index (χ1v) is 5.88. The molecule has 3 rings (SSSR count). The van der Waals surface area contributed by atoms with E-state index < -0.39 is 0 Å². The van der Waals surface area contributed by atoms with Crippen molar-refractivity contribution in [3.05, 3.63) is 54.7 Å². The molecule has 0 unspecified atom stereocenters. The van der Waals surface area contributed by atoms with Crippen LogP contribution in [0.3, 0.4) is 0 Å². The van der Waals surface area contributed by atoms with Crippen LogP contribution in [0.15, 0.2) is 48.9 Å². The van der Waals surface area contributed by atoms with Gasteiger partial charge in [0, 0.05) is 36.7 Å². The second-order valence-corrected chi connectivity index (χ2v) is 4.18. The number of para-hydroxylation sites is 1. The third-order valence-corrected chi connectivity index (χ3v) is 3.01. The molecule has 0 amide bonds. The largest absolute Gasteiger partial charge is 0.377 e. The first kappa shape index (κ1) is 10.8. The third kappa shape index (κ3) is 1.93. The van der Waals surface area contributed by atoms with Gasteiger partial charge in [-0.3, -0.25) is 4.98 Å². The zero-order valence-corrected chi connectivity index (χ0v) is 10.2. The molecule has 0 aliphatic carbocycles. The predicted molar refractivity (Wildman–Crippen MR) is 72.3 cm³/mol. The number of aryl methyl sites for hydroxylation is 1. The van der Waals surface area contributed by atoms with Crippen molar-refractivity contribution < 1.29 is 0 Å². The second-order valence-electron chi connectivity index (χ2n) is 4.18. The minimum Gasteiger partial charge on any atom is -0.377 e. The highest BCUT2D eigenvalue weighted by atomic mass is 15.1. The van der Waals surface area contributed by atoms with Gasteiger partial charge in [-0.2, -0.15) is 0 Å². The van der Waals surface area contributed by atoms with E-state index in [-0.39, 0.29) is 0 Å². The average molecular weight is 238 g/mol. The molecule has 1 N–H and O–H groups in total. The second kappa shape index (κ2) is 4.49. The normalized spacial score (nSPS) is 10.7. The van der Waals surface area contributed by atoms with Crippen molar-refractivity contribution in [2.24, 2.45) is 7.05 Å². The van der Waals surface area contributed by atoms with Gasteiger partial charge >= 0.3 is 0 Å². The predicted octanol–water partition coefficient (Wildman–Crippen LogP) is 2.58. The molecule has 0 bridgehead atoms. The Morgan fingerprint density at radius 2 is 2.00 bits per heavy atom. The van der Waals surface area contributed by atoms with Crippen LogP contribution in [0.1, 0.15) is 5.82 Å². The fraction of sp³-hybridized carbons (Fsp3) is 0.143. The van der Waals surface area contributed by atoms with Crippen molar-refractivity contribution in [3.63, 3.8) is 0 Å². The zero-order valence-electron chi connectivity index (χ0n) is 10.2. The fourth-order valence-corrected chi connectivity index (χ4v) is 1.99. The van der Waals surface area contributed by atoms with Crippen LogP contribution in [0.4, 0.5) is 5.69 Å². The van der Waals surface area contributed by atoms with E-state index in [1.165, 1.54) is 0 Å². The minimum atomic E-state index is 0.706. The van der Waals surface area contributed by atoms with Gasteiger partial charge in [-0.1, -0.05) is 18.2 Å². The van der Waals surface area contributed by atoms with Crippen LogP contribution in [-0.4, -0.2) is 14.5 Å². The van der Waals surface area contributed by atoms with Crippen LogP contribution in [0, 0.1) is 0 Å². The van der Waals surface area contributed by atoms with Crippen molar-refractivity contribution >= 4 is 16.6 Å². The Bertz CT molecular complexity index is 667. The standard InChI is InChI=1S/C14H14N4/c1-18-9-8-16-14(18)10-17-13-6-7-15-12-5-3-2-4-11(12)13/h2-9H,10H2,1H3,(H,15,17). The van der Waals surface area contributed by atoms with E-state index in [9.17, 15) is 0 Å². The van der Waals surface area contributed by atoms with Crippen LogP contribution < -0.4 is 5.32 Å². The highest BCUT2D eigenvalue weighted by molar-refractivity contribution is 5.90. The molecule has 0 aliphatic rings. The van der Waals surface area contributed by atoms with Gasteiger partial charge in [0.05, 0.1) is 12.1 Å². The van der Waals surface area contributed by atoms with E-state index >= 15 is 0 Å². The molecule has 4 nitrogen and oxygen atoms in total. The van der Waals surface area contributed by atoms with E-state index in [1.54, 1.807) is 0 Å². The summed E-state index contributed by atoms with van der Waals surface area (Å²) in [5, 5.41) is 4.54. The Hall–Kier alpha value is -2.36. The molecule has 0 radical (unpaired) electrons. The van der Waals surface area contributed by atoms with Crippen LogP contribution in [-0.2, 0) is 13.6 Å². The lowest BCUT2D eigenvalue weighted by Crippen LogP contribution is -2.06. The van der Waals surface area contributed by atoms with Crippen LogP contribution in [0.2, 0.25) is 0 Å². The zero-order chi connectivity index (χ0) is 12.4. The minimum absolute atomic E-state index is 0.706. The van der Waals surface area contributed by atoms with Gasteiger partial charge in [0.25, 0.3) is 0 Å². The maximum atomic E-state index is 4.34. The van der Waals surface area contributed by atoms with Gasteiger partial charge < -0.3 is 9.88 Å². The number of rotatable bonds is 3. The summed E-state index contributed by atoms with van der Waals surface area (Å²) in [6.45, 7) is 0.706. The summed E-state index contributed by atoms with van der Waals surface area (Å²) in [7, 11) is 1.99. The SMILES string of the molecule is Cn1ccnc1CNc1ccnc2ccccc12. The van der Waals surface area contributed by atoms with Crippen LogP contribution in [0.25, 0.3) is 10.9 Å². The summed E-state index contributed by atoms with van der Waals surface area (Å²) in [5.41, 5.74) is 2.09. The van der Waals surface area contributed by atoms with Crippen molar-refractivity contribution in [1.82, 2.24) is 14.5 Å². The van der Waals surface area contributed by atoms with Gasteiger partial charge in [-0.15, -0.1) is 0 Å². The maximum Gasteiger partial charge on any atom is 0.127 e. The van der Waals surface area contributed by atoms with Crippen LogP contribution >= 0.6 is 0 Å². The Labute approximate surface area is 105 Å². The molecule has 1 aromatic carbocycles. The molecule has 0 fully saturated rings. The fourth-order valence-electron chi connectivity index (χ4n) is 1.99. The molecule has 0 saturated carbocycles. The Kier molecular flexibility index (Phi) is 2.68. The highest BCUT2D eigenvalue weighted by Gasteiger charge is 2.02. The average Bonchev–Trinajstić information content (AvgIpc) is 2.82. The summed E-state index contributed by atoms with van der Waals surface area (Å²) in [6.07, 6.45) is 5.58. The van der Waals surface area contributed by atoms with E-state index in [4.69, 9.17) is 0 Å². The molecule has 3 aromatic rings. The van der Waals surface area contributed by atoms with Gasteiger partial charge in [0.2, 0.25) is 0 Å². The van der Waals surface area contributed by atoms with E-state index in [2.05, 4.69) is 21.4 Å². The number of fused-ring (bicyclic) bond motifs is 1. The highest BCUT2D eigenvalue weighted by Crippen LogP contribution is 2.21. The number of nitrogens with zero attached hydrogens (tertiary/aromatic N) is 3. The number of imidazole rings is 1. The molecule has 0 atom stereocenters. The molecule has 2 aromatic heterocycles. The van der Waals surface area contributed by atoms with E-state index in [0.29, 0.717) is 6.54 Å².